The fourth-order valence-corrected chi connectivity index (χ4v) is 3.31. The first-order valence-corrected chi connectivity index (χ1v) is 8.75. The van der Waals surface area contributed by atoms with Gasteiger partial charge in [0.05, 0.1) is 19.4 Å². The highest BCUT2D eigenvalue weighted by molar-refractivity contribution is 5.70. The van der Waals surface area contributed by atoms with Crippen LogP contribution in [0.5, 0.6) is 5.88 Å². The summed E-state index contributed by atoms with van der Waals surface area (Å²) >= 11 is 0. The molecule has 1 aliphatic rings. The van der Waals surface area contributed by atoms with E-state index in [9.17, 15) is 14.7 Å². The number of carboxylic acid groups (broad SMARTS) is 1. The lowest BCUT2D eigenvalue weighted by atomic mass is 9.94. The summed E-state index contributed by atoms with van der Waals surface area (Å²) in [6.45, 7) is 2.42. The zero-order valence-corrected chi connectivity index (χ0v) is 15.0. The van der Waals surface area contributed by atoms with E-state index in [0.29, 0.717) is 49.6 Å². The van der Waals surface area contributed by atoms with Crippen LogP contribution in [0.15, 0.2) is 23.1 Å². The molecule has 0 bridgehead atoms. The SMILES string of the molecule is COc1ccc2ncc(=O)n(CCN3CC[C@@H](O)[C@@H](CNC(=O)O)C3)c2n1. The third-order valence-corrected chi connectivity index (χ3v) is 4.81. The molecule has 2 atom stereocenters. The van der Waals surface area contributed by atoms with Crippen molar-refractivity contribution < 1.29 is 19.7 Å². The molecule has 0 aliphatic carbocycles. The van der Waals surface area contributed by atoms with Gasteiger partial charge in [-0.15, -0.1) is 0 Å². The molecule has 10 nitrogen and oxygen atoms in total. The van der Waals surface area contributed by atoms with Gasteiger partial charge in [-0.3, -0.25) is 9.36 Å². The third kappa shape index (κ3) is 4.52. The number of aliphatic hydroxyl groups excluding tert-OH is 1. The summed E-state index contributed by atoms with van der Waals surface area (Å²) in [7, 11) is 1.51. The zero-order chi connectivity index (χ0) is 19.4. The molecule has 0 aromatic carbocycles. The van der Waals surface area contributed by atoms with Crippen LogP contribution in [0.25, 0.3) is 11.2 Å². The van der Waals surface area contributed by atoms with Gasteiger partial charge in [0.2, 0.25) is 5.88 Å². The molecule has 3 heterocycles. The highest BCUT2D eigenvalue weighted by Gasteiger charge is 2.28. The largest absolute Gasteiger partial charge is 0.481 e. The molecule has 1 amide bonds. The summed E-state index contributed by atoms with van der Waals surface area (Å²) < 4.78 is 6.69. The number of hydrogen-bond donors (Lipinski definition) is 3. The minimum absolute atomic E-state index is 0.182. The molecular weight excluding hydrogens is 354 g/mol. The second-order valence-corrected chi connectivity index (χ2v) is 6.55. The molecular formula is C17H23N5O5. The van der Waals surface area contributed by atoms with Crippen molar-refractivity contribution in [3.63, 3.8) is 0 Å². The maximum Gasteiger partial charge on any atom is 0.404 e. The summed E-state index contributed by atoms with van der Waals surface area (Å²) in [5, 5.41) is 21.2. The number of nitrogens with zero attached hydrogens (tertiary/aromatic N) is 4. The molecule has 146 valence electrons. The Bertz CT molecular complexity index is 870. The van der Waals surface area contributed by atoms with Crippen molar-refractivity contribution in [2.24, 2.45) is 5.92 Å². The summed E-state index contributed by atoms with van der Waals surface area (Å²) in [6.07, 6.45) is 0.192. The van der Waals surface area contributed by atoms with Gasteiger partial charge < -0.3 is 25.2 Å². The zero-order valence-electron chi connectivity index (χ0n) is 15.0. The minimum Gasteiger partial charge on any atom is -0.481 e. The number of methoxy groups -OCH3 is 1. The summed E-state index contributed by atoms with van der Waals surface area (Å²) in [4.78, 5) is 33.5. The maximum atomic E-state index is 12.3. The Balaban J connectivity index is 1.71. The third-order valence-electron chi connectivity index (χ3n) is 4.81. The number of amides is 1. The standard InChI is InChI=1S/C17H23N5O5/c1-27-14-3-2-12-16(20-14)22(15(24)9-18-12)7-6-21-5-4-13(23)11(10-21)8-19-17(25)26/h2-3,9,11,13,19,23H,4-8,10H2,1H3,(H,25,26)/t11-,13+/m0/s1. The maximum absolute atomic E-state index is 12.3. The molecule has 2 aromatic heterocycles. The van der Waals surface area contributed by atoms with Crippen molar-refractivity contribution in [1.82, 2.24) is 24.8 Å². The van der Waals surface area contributed by atoms with Crippen molar-refractivity contribution in [1.29, 1.82) is 0 Å². The Labute approximate surface area is 155 Å². The van der Waals surface area contributed by atoms with E-state index in [2.05, 4.69) is 20.2 Å². The van der Waals surface area contributed by atoms with E-state index in [4.69, 9.17) is 9.84 Å². The number of aromatic nitrogens is 3. The predicted molar refractivity (Wildman–Crippen MR) is 96.9 cm³/mol. The van der Waals surface area contributed by atoms with Gasteiger partial charge in [-0.25, -0.2) is 9.78 Å². The molecule has 1 saturated heterocycles. The van der Waals surface area contributed by atoms with Crippen molar-refractivity contribution in [3.05, 3.63) is 28.7 Å². The fourth-order valence-electron chi connectivity index (χ4n) is 3.31. The van der Waals surface area contributed by atoms with Crippen LogP contribution in [-0.4, -0.2) is 75.1 Å². The highest BCUT2D eigenvalue weighted by atomic mass is 16.5. The van der Waals surface area contributed by atoms with Gasteiger partial charge in [-0.1, -0.05) is 0 Å². The fraction of sp³-hybridized carbons (Fsp3) is 0.529. The number of rotatable bonds is 6. The van der Waals surface area contributed by atoms with Gasteiger partial charge in [-0.05, 0) is 12.5 Å². The average Bonchev–Trinajstić information content (AvgIpc) is 2.66. The molecule has 27 heavy (non-hydrogen) atoms. The Kier molecular flexibility index (Phi) is 5.87. The first-order chi connectivity index (χ1) is 13.0. The molecule has 2 aromatic rings. The van der Waals surface area contributed by atoms with E-state index in [1.54, 1.807) is 16.7 Å². The lowest BCUT2D eigenvalue weighted by molar-refractivity contribution is 0.0263. The summed E-state index contributed by atoms with van der Waals surface area (Å²) in [5.74, 6) is 0.225. The van der Waals surface area contributed by atoms with E-state index in [0.717, 1.165) is 0 Å². The molecule has 0 radical (unpaired) electrons. The van der Waals surface area contributed by atoms with Crippen LogP contribution in [-0.2, 0) is 6.54 Å². The smallest absolute Gasteiger partial charge is 0.404 e. The molecule has 0 saturated carbocycles. The molecule has 1 fully saturated rings. The van der Waals surface area contributed by atoms with E-state index >= 15 is 0 Å². The van der Waals surface area contributed by atoms with Gasteiger partial charge in [0, 0.05) is 44.7 Å². The van der Waals surface area contributed by atoms with E-state index < -0.39 is 12.2 Å². The van der Waals surface area contributed by atoms with Gasteiger partial charge in [0.1, 0.15) is 5.52 Å². The number of nitrogens with one attached hydrogen (secondary N) is 1. The number of fused-ring (bicyclic) bond motifs is 1. The second kappa shape index (κ2) is 8.31. The number of carbonyl (C=O) groups is 1. The van der Waals surface area contributed by atoms with Crippen LogP contribution in [0, 0.1) is 5.92 Å². The Morgan fingerprint density at radius 3 is 2.96 bits per heavy atom. The number of ether oxygens (including phenoxy) is 1. The van der Waals surface area contributed by atoms with E-state index in [1.165, 1.54) is 13.3 Å². The van der Waals surface area contributed by atoms with Gasteiger partial charge in [0.15, 0.2) is 5.65 Å². The molecule has 1 aliphatic heterocycles. The van der Waals surface area contributed by atoms with Gasteiger partial charge in [-0.2, -0.15) is 4.98 Å². The van der Waals surface area contributed by atoms with Crippen LogP contribution in [0.1, 0.15) is 6.42 Å². The summed E-state index contributed by atoms with van der Waals surface area (Å²) in [6, 6.07) is 3.44. The minimum atomic E-state index is -1.10. The topological polar surface area (TPSA) is 130 Å². The molecule has 3 rings (SSSR count). The van der Waals surface area contributed by atoms with Crippen molar-refractivity contribution in [2.45, 2.75) is 19.1 Å². The van der Waals surface area contributed by atoms with E-state index in [-0.39, 0.29) is 18.0 Å². The van der Waals surface area contributed by atoms with Crippen LogP contribution in [0.3, 0.4) is 0 Å². The van der Waals surface area contributed by atoms with Gasteiger partial charge >= 0.3 is 6.09 Å². The number of likely N-dealkylation sites (tertiary alicyclic amines) is 1. The number of hydrogen-bond acceptors (Lipinski definition) is 7. The van der Waals surface area contributed by atoms with Crippen LogP contribution < -0.4 is 15.6 Å². The molecule has 0 unspecified atom stereocenters. The quantitative estimate of drug-likeness (QED) is 0.628. The number of pyridine rings is 1. The molecule has 0 spiro atoms. The van der Waals surface area contributed by atoms with Crippen LogP contribution >= 0.6 is 0 Å². The lowest BCUT2D eigenvalue weighted by Crippen LogP contribution is -2.48. The highest BCUT2D eigenvalue weighted by Crippen LogP contribution is 2.17. The second-order valence-electron chi connectivity index (χ2n) is 6.55. The number of piperidine rings is 1. The molecule has 10 heteroatoms. The Hall–Kier alpha value is -2.72. The summed E-state index contributed by atoms with van der Waals surface area (Å²) in [5.41, 5.74) is 0.820. The lowest BCUT2D eigenvalue weighted by Gasteiger charge is -2.36. The normalized spacial score (nSPS) is 20.5. The average molecular weight is 377 g/mol. The Morgan fingerprint density at radius 1 is 1.41 bits per heavy atom. The monoisotopic (exact) mass is 377 g/mol. The predicted octanol–water partition coefficient (Wildman–Crippen LogP) is -0.249. The van der Waals surface area contributed by atoms with Crippen molar-refractivity contribution in [2.75, 3.05) is 33.3 Å². The Morgan fingerprint density at radius 2 is 2.22 bits per heavy atom. The van der Waals surface area contributed by atoms with Gasteiger partial charge in [0.25, 0.3) is 5.56 Å². The van der Waals surface area contributed by atoms with Crippen molar-refractivity contribution in [3.8, 4) is 5.88 Å². The van der Waals surface area contributed by atoms with Crippen LogP contribution in [0.2, 0.25) is 0 Å². The number of aliphatic hydroxyl groups is 1. The van der Waals surface area contributed by atoms with Crippen LogP contribution in [0.4, 0.5) is 4.79 Å². The van der Waals surface area contributed by atoms with E-state index in [1.807, 2.05) is 0 Å². The van der Waals surface area contributed by atoms with Crippen molar-refractivity contribution >= 4 is 17.3 Å². The molecule has 3 N–H and O–H groups in total. The first kappa shape index (κ1) is 19.1. The first-order valence-electron chi connectivity index (χ1n) is 8.75.